The van der Waals surface area contributed by atoms with Gasteiger partial charge in [-0.1, -0.05) is 25.1 Å². The van der Waals surface area contributed by atoms with Crippen LogP contribution in [0.4, 0.5) is 5.69 Å². The molecule has 1 aromatic carbocycles. The van der Waals surface area contributed by atoms with Crippen LogP contribution in [-0.4, -0.2) is 31.1 Å². The zero-order valence-corrected chi connectivity index (χ0v) is 11.1. The minimum atomic E-state index is 0.658. The standard InChI is InChI=1S/C16H20N2/c1-10-9-18(2)15-7-12-8-17-14-5-3-4-11(16(12)14)6-13(10)15/h3-6,10,12,15,17H,7-9H2,1-2H3. The van der Waals surface area contributed by atoms with E-state index in [0.29, 0.717) is 17.9 Å². The first-order valence-corrected chi connectivity index (χ1v) is 7.02. The Labute approximate surface area is 109 Å². The second-order valence-corrected chi connectivity index (χ2v) is 6.12. The maximum Gasteiger partial charge on any atom is 0.0382 e. The molecule has 1 saturated heterocycles. The molecule has 2 nitrogen and oxygen atoms in total. The van der Waals surface area contributed by atoms with E-state index in [1.807, 2.05) is 0 Å². The van der Waals surface area contributed by atoms with Gasteiger partial charge in [-0.05, 0) is 42.2 Å². The van der Waals surface area contributed by atoms with Gasteiger partial charge in [-0.2, -0.15) is 0 Å². The van der Waals surface area contributed by atoms with Crippen molar-refractivity contribution in [2.24, 2.45) is 5.92 Å². The summed E-state index contributed by atoms with van der Waals surface area (Å²) < 4.78 is 0. The highest BCUT2D eigenvalue weighted by atomic mass is 15.2. The zero-order valence-electron chi connectivity index (χ0n) is 11.1. The van der Waals surface area contributed by atoms with E-state index in [1.54, 1.807) is 11.1 Å². The fourth-order valence-electron chi connectivity index (χ4n) is 4.11. The number of benzene rings is 1. The van der Waals surface area contributed by atoms with Crippen LogP contribution in [0.15, 0.2) is 23.8 Å². The fraction of sp³-hybridized carbons (Fsp3) is 0.500. The Bertz CT molecular complexity index is 532. The highest BCUT2D eigenvalue weighted by Gasteiger charge is 2.38. The van der Waals surface area contributed by atoms with Crippen molar-refractivity contribution < 1.29 is 0 Å². The number of hydrogen-bond donors (Lipinski definition) is 1. The molecule has 4 rings (SSSR count). The maximum atomic E-state index is 3.57. The number of hydrogen-bond acceptors (Lipinski definition) is 2. The van der Waals surface area contributed by atoms with Crippen LogP contribution in [0.2, 0.25) is 0 Å². The second-order valence-electron chi connectivity index (χ2n) is 6.12. The molecular weight excluding hydrogens is 220 g/mol. The number of nitrogens with zero attached hydrogens (tertiary/aromatic N) is 1. The number of nitrogens with one attached hydrogen (secondary N) is 1. The number of anilines is 1. The first-order chi connectivity index (χ1) is 8.74. The summed E-state index contributed by atoms with van der Waals surface area (Å²) in [7, 11) is 2.28. The van der Waals surface area contributed by atoms with Crippen LogP contribution in [0, 0.1) is 5.92 Å². The Hall–Kier alpha value is -1.28. The molecule has 2 heteroatoms. The Balaban J connectivity index is 1.89. The second kappa shape index (κ2) is 3.61. The van der Waals surface area contributed by atoms with Gasteiger partial charge in [0, 0.05) is 30.7 Å². The minimum absolute atomic E-state index is 0.658. The summed E-state index contributed by atoms with van der Waals surface area (Å²) >= 11 is 0. The third-order valence-corrected chi connectivity index (χ3v) is 4.96. The SMILES string of the molecule is CC1CN(C)C2CC3CNc4cccc(c43)C=C12. The highest BCUT2D eigenvalue weighted by Crippen LogP contribution is 2.45. The van der Waals surface area contributed by atoms with Crippen molar-refractivity contribution >= 4 is 11.8 Å². The summed E-state index contributed by atoms with van der Waals surface area (Å²) in [4.78, 5) is 2.54. The van der Waals surface area contributed by atoms with Crippen molar-refractivity contribution in [3.63, 3.8) is 0 Å². The average Bonchev–Trinajstić information content (AvgIpc) is 2.80. The molecule has 0 aromatic heterocycles. The summed E-state index contributed by atoms with van der Waals surface area (Å²) in [5, 5.41) is 3.57. The van der Waals surface area contributed by atoms with E-state index in [4.69, 9.17) is 0 Å². The van der Waals surface area contributed by atoms with Crippen molar-refractivity contribution in [3.8, 4) is 0 Å². The lowest BCUT2D eigenvalue weighted by atomic mass is 9.92. The molecule has 2 aliphatic heterocycles. The summed E-state index contributed by atoms with van der Waals surface area (Å²) in [5.74, 6) is 1.41. The van der Waals surface area contributed by atoms with Crippen LogP contribution < -0.4 is 5.32 Å². The summed E-state index contributed by atoms with van der Waals surface area (Å²) in [5.41, 5.74) is 6.05. The predicted molar refractivity (Wildman–Crippen MR) is 75.8 cm³/mol. The van der Waals surface area contributed by atoms with E-state index < -0.39 is 0 Å². The van der Waals surface area contributed by atoms with Gasteiger partial charge in [0.05, 0.1) is 0 Å². The molecule has 18 heavy (non-hydrogen) atoms. The first kappa shape index (κ1) is 10.6. The molecular formula is C16H20N2. The van der Waals surface area contributed by atoms with E-state index in [1.165, 1.54) is 24.2 Å². The molecule has 0 bridgehead atoms. The van der Waals surface area contributed by atoms with Crippen LogP contribution in [0.1, 0.15) is 30.4 Å². The Kier molecular flexibility index (Phi) is 2.13. The van der Waals surface area contributed by atoms with Gasteiger partial charge in [0.15, 0.2) is 0 Å². The predicted octanol–water partition coefficient (Wildman–Crippen LogP) is 2.93. The summed E-state index contributed by atoms with van der Waals surface area (Å²) in [6.45, 7) is 4.70. The molecule has 2 heterocycles. The van der Waals surface area contributed by atoms with Crippen LogP contribution >= 0.6 is 0 Å². The van der Waals surface area contributed by atoms with Crippen molar-refractivity contribution in [2.45, 2.75) is 25.3 Å². The number of likely N-dealkylation sites (N-methyl/N-ethyl adjacent to an activating group) is 1. The van der Waals surface area contributed by atoms with E-state index in [0.717, 1.165) is 6.54 Å². The Morgan fingerprint density at radius 3 is 3.11 bits per heavy atom. The third-order valence-electron chi connectivity index (χ3n) is 4.96. The van der Waals surface area contributed by atoms with E-state index in [2.05, 4.69) is 48.5 Å². The average molecular weight is 240 g/mol. The number of fused-ring (bicyclic) bond motifs is 1. The van der Waals surface area contributed by atoms with Gasteiger partial charge in [-0.15, -0.1) is 0 Å². The smallest absolute Gasteiger partial charge is 0.0382 e. The normalized spacial score (nSPS) is 33.4. The lowest BCUT2D eigenvalue weighted by Gasteiger charge is -2.22. The van der Waals surface area contributed by atoms with E-state index in [-0.39, 0.29) is 0 Å². The first-order valence-electron chi connectivity index (χ1n) is 7.02. The monoisotopic (exact) mass is 240 g/mol. The van der Waals surface area contributed by atoms with Gasteiger partial charge in [-0.3, -0.25) is 4.90 Å². The summed E-state index contributed by atoms with van der Waals surface area (Å²) in [6.07, 6.45) is 3.76. The van der Waals surface area contributed by atoms with Crippen LogP contribution in [0.25, 0.3) is 6.08 Å². The van der Waals surface area contributed by atoms with Gasteiger partial charge < -0.3 is 5.32 Å². The molecule has 0 radical (unpaired) electrons. The number of rotatable bonds is 0. The van der Waals surface area contributed by atoms with E-state index in [9.17, 15) is 0 Å². The zero-order chi connectivity index (χ0) is 12.3. The van der Waals surface area contributed by atoms with Crippen LogP contribution in [0.5, 0.6) is 0 Å². The van der Waals surface area contributed by atoms with Gasteiger partial charge in [0.1, 0.15) is 0 Å². The molecule has 3 atom stereocenters. The van der Waals surface area contributed by atoms with Gasteiger partial charge in [0.25, 0.3) is 0 Å². The van der Waals surface area contributed by atoms with E-state index >= 15 is 0 Å². The lowest BCUT2D eigenvalue weighted by molar-refractivity contribution is 0.299. The van der Waals surface area contributed by atoms with Crippen molar-refractivity contribution in [1.29, 1.82) is 0 Å². The third kappa shape index (κ3) is 1.33. The molecule has 3 aliphatic rings. The van der Waals surface area contributed by atoms with Gasteiger partial charge in [0.2, 0.25) is 0 Å². The maximum absolute atomic E-state index is 3.57. The lowest BCUT2D eigenvalue weighted by Crippen LogP contribution is -2.27. The van der Waals surface area contributed by atoms with Crippen molar-refractivity contribution in [2.75, 3.05) is 25.5 Å². The minimum Gasteiger partial charge on any atom is -0.384 e. The summed E-state index contributed by atoms with van der Waals surface area (Å²) in [6, 6.07) is 7.36. The Morgan fingerprint density at radius 1 is 1.33 bits per heavy atom. The molecule has 0 spiro atoms. The fourth-order valence-corrected chi connectivity index (χ4v) is 4.11. The molecule has 1 N–H and O–H groups in total. The molecule has 1 aliphatic carbocycles. The molecule has 3 unspecified atom stereocenters. The molecule has 1 fully saturated rings. The molecule has 94 valence electrons. The number of likely N-dealkylation sites (tertiary alicyclic amines) is 1. The molecule has 1 aromatic rings. The van der Waals surface area contributed by atoms with Crippen molar-refractivity contribution in [1.82, 2.24) is 4.90 Å². The van der Waals surface area contributed by atoms with Crippen LogP contribution in [0.3, 0.4) is 0 Å². The van der Waals surface area contributed by atoms with Gasteiger partial charge in [-0.25, -0.2) is 0 Å². The largest absolute Gasteiger partial charge is 0.384 e. The quantitative estimate of drug-likeness (QED) is 0.750. The molecule has 0 amide bonds. The molecule has 0 saturated carbocycles. The van der Waals surface area contributed by atoms with Crippen molar-refractivity contribution in [3.05, 3.63) is 34.9 Å². The Morgan fingerprint density at radius 2 is 2.22 bits per heavy atom. The highest BCUT2D eigenvalue weighted by molar-refractivity contribution is 5.71. The van der Waals surface area contributed by atoms with Crippen LogP contribution in [-0.2, 0) is 0 Å². The van der Waals surface area contributed by atoms with Gasteiger partial charge >= 0.3 is 0 Å². The topological polar surface area (TPSA) is 15.3 Å².